The number of benzene rings is 1. The van der Waals surface area contributed by atoms with Gasteiger partial charge in [-0.2, -0.15) is 5.10 Å². The third-order valence-electron chi connectivity index (χ3n) is 2.55. The Morgan fingerprint density at radius 1 is 1.18 bits per heavy atom. The first-order valence-corrected chi connectivity index (χ1v) is 5.51. The lowest BCUT2D eigenvalue weighted by Crippen LogP contribution is -2.18. The largest absolute Gasteiger partial charge is 0.399 e. The Labute approximate surface area is 101 Å². The van der Waals surface area contributed by atoms with Gasteiger partial charge in [0.05, 0.1) is 5.69 Å². The highest BCUT2D eigenvalue weighted by Crippen LogP contribution is 2.13. The van der Waals surface area contributed by atoms with Gasteiger partial charge in [-0.25, -0.2) is 0 Å². The van der Waals surface area contributed by atoms with Crippen LogP contribution in [0.5, 0.6) is 0 Å². The molecule has 2 N–H and O–H groups in total. The third-order valence-corrected chi connectivity index (χ3v) is 2.55. The zero-order chi connectivity index (χ0) is 12.3. The van der Waals surface area contributed by atoms with E-state index in [-0.39, 0.29) is 0 Å². The molecular weight excluding hydrogens is 212 g/mol. The van der Waals surface area contributed by atoms with Crippen molar-refractivity contribution in [3.8, 4) is 0 Å². The molecule has 1 aromatic heterocycles. The lowest BCUT2D eigenvalue weighted by Gasteiger charge is -2.17. The van der Waals surface area contributed by atoms with Gasteiger partial charge in [-0.3, -0.25) is 0 Å². The van der Waals surface area contributed by atoms with Crippen molar-refractivity contribution >= 4 is 11.5 Å². The van der Waals surface area contributed by atoms with Crippen LogP contribution < -0.4 is 10.6 Å². The molecule has 2 aromatic rings. The first-order chi connectivity index (χ1) is 8.15. The van der Waals surface area contributed by atoms with Crippen LogP contribution in [0, 0.1) is 6.92 Å². The summed E-state index contributed by atoms with van der Waals surface area (Å²) in [5, 5.41) is 8.18. The Morgan fingerprint density at radius 2 is 2.00 bits per heavy atom. The highest BCUT2D eigenvalue weighted by molar-refractivity contribution is 5.43. The van der Waals surface area contributed by atoms with Crippen molar-refractivity contribution in [1.29, 1.82) is 0 Å². The van der Waals surface area contributed by atoms with E-state index in [1.54, 1.807) is 0 Å². The number of rotatable bonds is 3. The Morgan fingerprint density at radius 3 is 2.65 bits per heavy atom. The minimum Gasteiger partial charge on any atom is -0.399 e. The first-order valence-electron chi connectivity index (χ1n) is 5.51. The normalized spacial score (nSPS) is 10.2. The number of nitrogen functional groups attached to an aromatic ring is 1. The Kier molecular flexibility index (Phi) is 3.23. The van der Waals surface area contributed by atoms with E-state index in [0.29, 0.717) is 0 Å². The minimum absolute atomic E-state index is 0.767. The van der Waals surface area contributed by atoms with Crippen LogP contribution in [0.1, 0.15) is 11.3 Å². The maximum absolute atomic E-state index is 5.75. The second-order valence-corrected chi connectivity index (χ2v) is 4.13. The zero-order valence-electron chi connectivity index (χ0n) is 10.1. The van der Waals surface area contributed by atoms with Crippen molar-refractivity contribution < 1.29 is 0 Å². The van der Waals surface area contributed by atoms with Gasteiger partial charge in [0.2, 0.25) is 0 Å². The van der Waals surface area contributed by atoms with Crippen LogP contribution in [-0.2, 0) is 6.54 Å². The van der Waals surface area contributed by atoms with Crippen molar-refractivity contribution in [2.45, 2.75) is 13.5 Å². The van der Waals surface area contributed by atoms with Gasteiger partial charge < -0.3 is 10.6 Å². The van der Waals surface area contributed by atoms with Crippen LogP contribution in [0.4, 0.5) is 11.5 Å². The van der Waals surface area contributed by atoms with Crippen LogP contribution in [0.2, 0.25) is 0 Å². The lowest BCUT2D eigenvalue weighted by atomic mass is 10.2. The quantitative estimate of drug-likeness (QED) is 0.816. The average Bonchev–Trinajstić information content (AvgIpc) is 2.29. The molecule has 0 unspecified atom stereocenters. The summed E-state index contributed by atoms with van der Waals surface area (Å²) in [6.07, 6.45) is 0. The maximum atomic E-state index is 5.75. The van der Waals surface area contributed by atoms with Gasteiger partial charge >= 0.3 is 0 Å². The van der Waals surface area contributed by atoms with Crippen molar-refractivity contribution in [3.63, 3.8) is 0 Å². The molecule has 0 fully saturated rings. The smallest absolute Gasteiger partial charge is 0.151 e. The summed E-state index contributed by atoms with van der Waals surface area (Å²) in [6.45, 7) is 2.69. The molecule has 4 nitrogen and oxygen atoms in total. The SMILES string of the molecule is Cc1ccc(N(C)Cc2cccc(N)c2)nn1. The molecule has 1 heterocycles. The maximum Gasteiger partial charge on any atom is 0.151 e. The summed E-state index contributed by atoms with van der Waals surface area (Å²) in [7, 11) is 1.99. The van der Waals surface area contributed by atoms with Crippen LogP contribution in [0.25, 0.3) is 0 Å². The van der Waals surface area contributed by atoms with Gasteiger partial charge in [0.15, 0.2) is 5.82 Å². The van der Waals surface area contributed by atoms with Gasteiger partial charge in [-0.1, -0.05) is 12.1 Å². The van der Waals surface area contributed by atoms with Gasteiger partial charge in [0.1, 0.15) is 0 Å². The van der Waals surface area contributed by atoms with E-state index in [4.69, 9.17) is 5.73 Å². The van der Waals surface area contributed by atoms with Gasteiger partial charge in [-0.15, -0.1) is 5.10 Å². The molecule has 4 heteroatoms. The Hall–Kier alpha value is -2.10. The van der Waals surface area contributed by atoms with E-state index in [2.05, 4.69) is 16.3 Å². The van der Waals surface area contributed by atoms with Crippen molar-refractivity contribution in [2.75, 3.05) is 17.7 Å². The summed E-state index contributed by atoms with van der Waals surface area (Å²) >= 11 is 0. The summed E-state index contributed by atoms with van der Waals surface area (Å²) in [5.74, 6) is 0.859. The molecule has 2 rings (SSSR count). The number of anilines is 2. The predicted molar refractivity (Wildman–Crippen MR) is 69.7 cm³/mol. The van der Waals surface area contributed by atoms with Crippen LogP contribution in [0.3, 0.4) is 0 Å². The molecule has 88 valence electrons. The van der Waals surface area contributed by atoms with Crippen LogP contribution in [0.15, 0.2) is 36.4 Å². The molecule has 0 atom stereocenters. The number of aryl methyl sites for hydroxylation is 1. The molecule has 17 heavy (non-hydrogen) atoms. The highest BCUT2D eigenvalue weighted by atomic mass is 15.2. The van der Waals surface area contributed by atoms with E-state index in [0.717, 1.165) is 29.3 Å². The fraction of sp³-hybridized carbons (Fsp3) is 0.231. The standard InChI is InChI=1S/C13H16N4/c1-10-6-7-13(16-15-10)17(2)9-11-4-3-5-12(14)8-11/h3-8H,9,14H2,1-2H3. The van der Waals surface area contributed by atoms with E-state index in [1.807, 2.05) is 49.2 Å². The number of nitrogens with zero attached hydrogens (tertiary/aromatic N) is 3. The summed E-state index contributed by atoms with van der Waals surface area (Å²) in [5.41, 5.74) is 8.61. The topological polar surface area (TPSA) is 55.0 Å². The molecular formula is C13H16N4. The highest BCUT2D eigenvalue weighted by Gasteiger charge is 2.04. The fourth-order valence-electron chi connectivity index (χ4n) is 1.64. The van der Waals surface area contributed by atoms with E-state index < -0.39 is 0 Å². The second-order valence-electron chi connectivity index (χ2n) is 4.13. The predicted octanol–water partition coefficient (Wildman–Crippen LogP) is 2.00. The molecule has 0 spiro atoms. The van der Waals surface area contributed by atoms with Crippen molar-refractivity contribution in [2.24, 2.45) is 0 Å². The summed E-state index contributed by atoms with van der Waals surface area (Å²) < 4.78 is 0. The number of hydrogen-bond acceptors (Lipinski definition) is 4. The molecule has 0 radical (unpaired) electrons. The molecule has 0 bridgehead atoms. The number of nitrogens with two attached hydrogens (primary N) is 1. The molecule has 0 saturated carbocycles. The molecule has 0 aliphatic carbocycles. The average molecular weight is 228 g/mol. The molecule has 0 amide bonds. The van der Waals surface area contributed by atoms with Crippen LogP contribution >= 0.6 is 0 Å². The summed E-state index contributed by atoms with van der Waals surface area (Å²) in [6, 6.07) is 11.8. The van der Waals surface area contributed by atoms with Crippen molar-refractivity contribution in [3.05, 3.63) is 47.7 Å². The monoisotopic (exact) mass is 228 g/mol. The Balaban J connectivity index is 2.11. The molecule has 0 aliphatic heterocycles. The third kappa shape index (κ3) is 2.93. The Bertz CT molecular complexity index is 493. The van der Waals surface area contributed by atoms with Gasteiger partial charge in [0, 0.05) is 19.3 Å². The first kappa shape index (κ1) is 11.4. The van der Waals surface area contributed by atoms with Gasteiger partial charge in [-0.05, 0) is 36.8 Å². The number of hydrogen-bond donors (Lipinski definition) is 1. The van der Waals surface area contributed by atoms with E-state index in [9.17, 15) is 0 Å². The van der Waals surface area contributed by atoms with E-state index >= 15 is 0 Å². The number of aromatic nitrogens is 2. The zero-order valence-corrected chi connectivity index (χ0v) is 10.1. The molecule has 0 aliphatic rings. The van der Waals surface area contributed by atoms with Gasteiger partial charge in [0.25, 0.3) is 0 Å². The van der Waals surface area contributed by atoms with Crippen molar-refractivity contribution in [1.82, 2.24) is 10.2 Å². The van der Waals surface area contributed by atoms with Crippen LogP contribution in [-0.4, -0.2) is 17.2 Å². The second kappa shape index (κ2) is 4.82. The molecule has 1 aromatic carbocycles. The molecule has 0 saturated heterocycles. The lowest BCUT2D eigenvalue weighted by molar-refractivity contribution is 0.857. The fourth-order valence-corrected chi connectivity index (χ4v) is 1.64. The minimum atomic E-state index is 0.767. The van der Waals surface area contributed by atoms with E-state index in [1.165, 1.54) is 0 Å². The summed E-state index contributed by atoms with van der Waals surface area (Å²) in [4.78, 5) is 2.04.